The molecule has 0 saturated heterocycles. The highest BCUT2D eigenvalue weighted by Crippen LogP contribution is 2.29. The van der Waals surface area contributed by atoms with Gasteiger partial charge in [-0.15, -0.1) is 11.6 Å². The predicted octanol–water partition coefficient (Wildman–Crippen LogP) is 4.90. The molecule has 0 fully saturated rings. The molecule has 0 aliphatic heterocycles. The van der Waals surface area contributed by atoms with Crippen LogP contribution in [0.5, 0.6) is 0 Å². The van der Waals surface area contributed by atoms with E-state index in [-0.39, 0.29) is 11.2 Å². The normalized spacial score (nSPS) is 13.9. The van der Waals surface area contributed by atoms with Crippen LogP contribution in [-0.4, -0.2) is 9.55 Å². The number of aryl methyl sites for hydroxylation is 1. The van der Waals surface area contributed by atoms with Crippen LogP contribution in [0, 0.1) is 24.1 Å². The first-order valence-electron chi connectivity index (χ1n) is 6.95. The van der Waals surface area contributed by atoms with E-state index in [4.69, 9.17) is 11.6 Å². The summed E-state index contributed by atoms with van der Waals surface area (Å²) in [6, 6.07) is 3.36. The van der Waals surface area contributed by atoms with Gasteiger partial charge < -0.3 is 4.57 Å². The lowest BCUT2D eigenvalue weighted by Crippen LogP contribution is -2.23. The Morgan fingerprint density at radius 1 is 1.35 bits per heavy atom. The van der Waals surface area contributed by atoms with E-state index in [0.29, 0.717) is 22.9 Å². The van der Waals surface area contributed by atoms with Gasteiger partial charge in [0.25, 0.3) is 0 Å². The van der Waals surface area contributed by atoms with Crippen LogP contribution in [0.15, 0.2) is 12.1 Å². The summed E-state index contributed by atoms with van der Waals surface area (Å²) in [4.78, 5) is 4.46. The molecular weight excluding hydrogens is 275 g/mol. The van der Waals surface area contributed by atoms with Gasteiger partial charge in [0, 0.05) is 12.6 Å². The molecule has 2 rings (SSSR count). The van der Waals surface area contributed by atoms with Crippen molar-refractivity contribution in [1.29, 1.82) is 0 Å². The zero-order chi connectivity index (χ0) is 15.1. The second-order valence-corrected chi connectivity index (χ2v) is 6.90. The lowest BCUT2D eigenvalue weighted by Gasteiger charge is -2.28. The maximum absolute atomic E-state index is 13.7. The molecule has 2 aromatic rings. The van der Waals surface area contributed by atoms with Crippen molar-refractivity contribution in [3.8, 4) is 0 Å². The number of alkyl halides is 1. The monoisotopic (exact) mass is 296 g/mol. The molecule has 0 bridgehead atoms. The number of nitrogens with zero attached hydrogens (tertiary/aromatic N) is 2. The Balaban J connectivity index is 2.53. The fourth-order valence-corrected chi connectivity index (χ4v) is 2.36. The first-order valence-corrected chi connectivity index (χ1v) is 7.48. The Bertz CT molecular complexity index is 625. The van der Waals surface area contributed by atoms with Crippen molar-refractivity contribution >= 4 is 22.6 Å². The molecule has 1 aromatic heterocycles. The molecule has 1 heterocycles. The fraction of sp³-hybridized carbons (Fsp3) is 0.562. The van der Waals surface area contributed by atoms with Crippen LogP contribution >= 0.6 is 11.6 Å². The smallest absolute Gasteiger partial charge is 0.128 e. The second kappa shape index (κ2) is 5.36. The third kappa shape index (κ3) is 2.83. The summed E-state index contributed by atoms with van der Waals surface area (Å²) in [5, 5.41) is 0. The molecular formula is C16H22ClFN2. The molecule has 0 amide bonds. The fourth-order valence-electron chi connectivity index (χ4n) is 2.15. The maximum Gasteiger partial charge on any atom is 0.128 e. The van der Waals surface area contributed by atoms with Gasteiger partial charge in [0.15, 0.2) is 0 Å². The van der Waals surface area contributed by atoms with Gasteiger partial charge >= 0.3 is 0 Å². The van der Waals surface area contributed by atoms with E-state index in [2.05, 4.69) is 37.2 Å². The van der Waals surface area contributed by atoms with Crippen LogP contribution in [0.25, 0.3) is 11.0 Å². The Morgan fingerprint density at radius 2 is 2.00 bits per heavy atom. The Labute approximate surface area is 125 Å². The maximum atomic E-state index is 13.7. The Hall–Kier alpha value is -1.09. The van der Waals surface area contributed by atoms with E-state index >= 15 is 0 Å². The van der Waals surface area contributed by atoms with Crippen LogP contribution in [0.1, 0.15) is 39.1 Å². The summed E-state index contributed by atoms with van der Waals surface area (Å²) < 4.78 is 15.8. The van der Waals surface area contributed by atoms with E-state index < -0.39 is 0 Å². The van der Waals surface area contributed by atoms with Crippen LogP contribution < -0.4 is 0 Å². The third-order valence-electron chi connectivity index (χ3n) is 4.16. The Kier molecular flexibility index (Phi) is 4.10. The number of hydrogen-bond acceptors (Lipinski definition) is 1. The van der Waals surface area contributed by atoms with Crippen molar-refractivity contribution in [2.75, 3.05) is 0 Å². The average Bonchev–Trinajstić information content (AvgIpc) is 2.66. The van der Waals surface area contributed by atoms with E-state index in [1.807, 2.05) is 6.07 Å². The third-order valence-corrected chi connectivity index (χ3v) is 4.40. The molecule has 1 unspecified atom stereocenters. The minimum Gasteiger partial charge on any atom is -0.327 e. The quantitative estimate of drug-likeness (QED) is 0.736. The summed E-state index contributed by atoms with van der Waals surface area (Å²) in [6.45, 7) is 11.5. The molecule has 4 heteroatoms. The molecule has 0 saturated carbocycles. The largest absolute Gasteiger partial charge is 0.327 e. The van der Waals surface area contributed by atoms with Crippen molar-refractivity contribution in [2.45, 2.75) is 47.0 Å². The highest BCUT2D eigenvalue weighted by atomic mass is 35.5. The highest BCUT2D eigenvalue weighted by Gasteiger charge is 2.22. The molecule has 110 valence electrons. The van der Waals surface area contributed by atoms with Crippen LogP contribution in [0.3, 0.4) is 0 Å². The summed E-state index contributed by atoms with van der Waals surface area (Å²) in [5.41, 5.74) is 2.50. The van der Waals surface area contributed by atoms with Gasteiger partial charge in [0.1, 0.15) is 11.6 Å². The molecule has 1 aromatic carbocycles. The van der Waals surface area contributed by atoms with Gasteiger partial charge in [-0.2, -0.15) is 0 Å². The van der Waals surface area contributed by atoms with E-state index in [1.165, 1.54) is 6.07 Å². The molecule has 0 aliphatic carbocycles. The van der Waals surface area contributed by atoms with Gasteiger partial charge in [-0.25, -0.2) is 9.37 Å². The minimum atomic E-state index is -0.216. The average molecular weight is 297 g/mol. The number of imidazole rings is 1. The van der Waals surface area contributed by atoms with Crippen LogP contribution in [-0.2, 0) is 12.4 Å². The first-order chi connectivity index (χ1) is 9.24. The van der Waals surface area contributed by atoms with Crippen LogP contribution in [0.4, 0.5) is 4.39 Å². The Morgan fingerprint density at radius 3 is 2.55 bits per heavy atom. The minimum absolute atomic E-state index is 0.204. The van der Waals surface area contributed by atoms with Gasteiger partial charge in [-0.05, 0) is 29.9 Å². The summed E-state index contributed by atoms with van der Waals surface area (Å²) in [5.74, 6) is 1.40. The zero-order valence-corrected chi connectivity index (χ0v) is 13.6. The van der Waals surface area contributed by atoms with Crippen molar-refractivity contribution in [3.05, 3.63) is 29.3 Å². The van der Waals surface area contributed by atoms with E-state index in [0.717, 1.165) is 17.9 Å². The van der Waals surface area contributed by atoms with Gasteiger partial charge in [-0.1, -0.05) is 27.7 Å². The van der Waals surface area contributed by atoms with Gasteiger partial charge in [-0.3, -0.25) is 0 Å². The molecule has 0 radical (unpaired) electrons. The summed E-state index contributed by atoms with van der Waals surface area (Å²) >= 11 is 6.00. The molecule has 2 nitrogen and oxygen atoms in total. The van der Waals surface area contributed by atoms with E-state index in [1.54, 1.807) is 6.92 Å². The highest BCUT2D eigenvalue weighted by molar-refractivity contribution is 6.16. The van der Waals surface area contributed by atoms with Crippen molar-refractivity contribution in [2.24, 2.45) is 11.3 Å². The van der Waals surface area contributed by atoms with Crippen LogP contribution in [0.2, 0.25) is 0 Å². The summed E-state index contributed by atoms with van der Waals surface area (Å²) in [6.07, 6.45) is 0. The number of rotatable bonds is 3. The van der Waals surface area contributed by atoms with Gasteiger partial charge in [0.05, 0.1) is 16.9 Å². The second-order valence-electron chi connectivity index (χ2n) is 6.63. The SMILES string of the molecule is Cc1cc2c(cc1F)nc(CCl)n2CC(C)C(C)(C)C. The lowest BCUT2D eigenvalue weighted by molar-refractivity contribution is 0.233. The van der Waals surface area contributed by atoms with Gasteiger partial charge in [0.2, 0.25) is 0 Å². The molecule has 1 atom stereocenters. The zero-order valence-electron chi connectivity index (χ0n) is 12.8. The predicted molar refractivity (Wildman–Crippen MR) is 82.6 cm³/mol. The lowest BCUT2D eigenvalue weighted by atomic mass is 9.82. The molecule has 0 spiro atoms. The van der Waals surface area contributed by atoms with E-state index in [9.17, 15) is 4.39 Å². The number of fused-ring (bicyclic) bond motifs is 1. The number of halogens is 2. The topological polar surface area (TPSA) is 17.8 Å². The number of benzene rings is 1. The first kappa shape index (κ1) is 15.3. The van der Waals surface area contributed by atoms with Crippen molar-refractivity contribution in [1.82, 2.24) is 9.55 Å². The van der Waals surface area contributed by atoms with Crippen molar-refractivity contribution < 1.29 is 4.39 Å². The van der Waals surface area contributed by atoms with Crippen molar-refractivity contribution in [3.63, 3.8) is 0 Å². The standard InChI is InChI=1S/C16H22ClFN2/c1-10-6-14-13(7-12(10)18)19-15(8-17)20(14)9-11(2)16(3,4)5/h6-7,11H,8-9H2,1-5H3. The molecule has 0 aliphatic rings. The summed E-state index contributed by atoms with van der Waals surface area (Å²) in [7, 11) is 0. The molecule has 0 N–H and O–H groups in total. The number of aromatic nitrogens is 2. The number of hydrogen-bond donors (Lipinski definition) is 0. The molecule has 20 heavy (non-hydrogen) atoms.